The molecule has 0 spiro atoms. The van der Waals surface area contributed by atoms with Gasteiger partial charge in [-0.25, -0.2) is 13.1 Å². The molecule has 1 N–H and O–H groups in total. The van der Waals surface area contributed by atoms with Crippen molar-refractivity contribution < 1.29 is 22.2 Å². The Hall–Kier alpha value is -3.02. The van der Waals surface area contributed by atoms with Crippen LogP contribution >= 0.6 is 0 Å². The first-order chi connectivity index (χ1) is 16.0. The SMILES string of the molecule is Cc1ccc(-c2noc(CN3CCN(C(=O)c4ccc(S(=O)(=O)NC(C)(C)C)o4)CC3)n2)cc1. The topological polar surface area (TPSA) is 122 Å². The van der Waals surface area contributed by atoms with Crippen LogP contribution in [0.25, 0.3) is 11.4 Å². The van der Waals surface area contributed by atoms with Gasteiger partial charge in [-0.05, 0) is 39.8 Å². The number of furan rings is 1. The largest absolute Gasteiger partial charge is 0.438 e. The minimum atomic E-state index is -3.84. The Kier molecular flexibility index (Phi) is 6.61. The van der Waals surface area contributed by atoms with Gasteiger partial charge >= 0.3 is 0 Å². The van der Waals surface area contributed by atoms with E-state index in [1.165, 1.54) is 12.1 Å². The van der Waals surface area contributed by atoms with Gasteiger partial charge in [-0.2, -0.15) is 4.98 Å². The first-order valence-electron chi connectivity index (χ1n) is 11.1. The van der Waals surface area contributed by atoms with Crippen LogP contribution in [-0.4, -0.2) is 66.0 Å². The molecule has 0 atom stereocenters. The zero-order valence-electron chi connectivity index (χ0n) is 19.7. The summed E-state index contributed by atoms with van der Waals surface area (Å²) in [6, 6.07) is 10.6. The Morgan fingerprint density at radius 2 is 1.74 bits per heavy atom. The third kappa shape index (κ3) is 5.72. The number of nitrogens with zero attached hydrogens (tertiary/aromatic N) is 4. The maximum absolute atomic E-state index is 12.8. The summed E-state index contributed by atoms with van der Waals surface area (Å²) in [5.74, 6) is 0.731. The normalized spacial score (nSPS) is 15.6. The van der Waals surface area contributed by atoms with Gasteiger partial charge in [-0.3, -0.25) is 9.69 Å². The lowest BCUT2D eigenvalue weighted by molar-refractivity contribution is 0.0579. The molecule has 3 aromatic rings. The van der Waals surface area contributed by atoms with Crippen molar-refractivity contribution in [1.82, 2.24) is 24.7 Å². The van der Waals surface area contributed by atoms with E-state index in [-0.39, 0.29) is 16.8 Å². The molecule has 1 amide bonds. The second kappa shape index (κ2) is 9.32. The van der Waals surface area contributed by atoms with Crippen LogP contribution in [0.1, 0.15) is 42.8 Å². The highest BCUT2D eigenvalue weighted by Crippen LogP contribution is 2.20. The van der Waals surface area contributed by atoms with Crippen LogP contribution in [0.2, 0.25) is 0 Å². The van der Waals surface area contributed by atoms with Crippen molar-refractivity contribution in [3.8, 4) is 11.4 Å². The van der Waals surface area contributed by atoms with Crippen LogP contribution in [0, 0.1) is 6.92 Å². The van der Waals surface area contributed by atoms with Crippen LogP contribution < -0.4 is 4.72 Å². The van der Waals surface area contributed by atoms with Gasteiger partial charge in [0, 0.05) is 37.3 Å². The van der Waals surface area contributed by atoms with Gasteiger partial charge in [0.15, 0.2) is 5.76 Å². The number of carbonyl (C=O) groups excluding carboxylic acids is 1. The predicted molar refractivity (Wildman–Crippen MR) is 124 cm³/mol. The molecule has 0 unspecified atom stereocenters. The lowest BCUT2D eigenvalue weighted by atomic mass is 10.1. The van der Waals surface area contributed by atoms with Gasteiger partial charge in [0.2, 0.25) is 16.8 Å². The summed E-state index contributed by atoms with van der Waals surface area (Å²) >= 11 is 0. The molecule has 1 aliphatic heterocycles. The molecule has 1 saturated heterocycles. The standard InChI is InChI=1S/C23H29N5O5S/c1-16-5-7-17(8-6-16)21-24-19(33-25-21)15-27-11-13-28(14-12-27)22(29)18-9-10-20(32-18)34(30,31)26-23(2,3)4/h5-10,26H,11-15H2,1-4H3. The molecule has 2 aromatic heterocycles. The first-order valence-corrected chi connectivity index (χ1v) is 12.5. The van der Waals surface area contributed by atoms with E-state index in [2.05, 4.69) is 19.8 Å². The van der Waals surface area contributed by atoms with E-state index >= 15 is 0 Å². The molecule has 0 saturated carbocycles. The summed E-state index contributed by atoms with van der Waals surface area (Å²) in [6.07, 6.45) is 0. The van der Waals surface area contributed by atoms with Crippen molar-refractivity contribution in [2.75, 3.05) is 26.2 Å². The molecule has 4 rings (SSSR count). The van der Waals surface area contributed by atoms with E-state index in [1.807, 2.05) is 31.2 Å². The Morgan fingerprint density at radius 1 is 1.06 bits per heavy atom. The number of aryl methyl sites for hydroxylation is 1. The van der Waals surface area contributed by atoms with Crippen molar-refractivity contribution in [2.24, 2.45) is 0 Å². The van der Waals surface area contributed by atoms with Crippen LogP contribution in [0.15, 0.2) is 50.4 Å². The number of sulfonamides is 1. The first kappa shape index (κ1) is 24.1. The number of aromatic nitrogens is 2. The lowest BCUT2D eigenvalue weighted by Crippen LogP contribution is -2.48. The third-order valence-corrected chi connectivity index (χ3v) is 6.92. The number of rotatable bonds is 6. The maximum atomic E-state index is 12.8. The second-order valence-electron chi connectivity index (χ2n) is 9.42. The number of hydrogen-bond donors (Lipinski definition) is 1. The number of nitrogens with one attached hydrogen (secondary N) is 1. The molecular weight excluding hydrogens is 458 g/mol. The molecule has 1 aliphatic rings. The summed E-state index contributed by atoms with van der Waals surface area (Å²) in [5, 5.41) is 3.79. The van der Waals surface area contributed by atoms with Crippen LogP contribution in [0.4, 0.5) is 0 Å². The van der Waals surface area contributed by atoms with Crippen molar-refractivity contribution in [2.45, 2.75) is 44.9 Å². The van der Waals surface area contributed by atoms with Gasteiger partial charge in [-0.15, -0.1) is 0 Å². The summed E-state index contributed by atoms with van der Waals surface area (Å²) in [6.45, 7) is 9.89. The molecule has 0 bridgehead atoms. The van der Waals surface area contributed by atoms with E-state index in [0.29, 0.717) is 44.4 Å². The van der Waals surface area contributed by atoms with Gasteiger partial charge in [-0.1, -0.05) is 35.0 Å². The molecule has 10 nitrogen and oxygen atoms in total. The molecule has 1 aromatic carbocycles. The van der Waals surface area contributed by atoms with Gasteiger partial charge < -0.3 is 13.8 Å². The highest BCUT2D eigenvalue weighted by atomic mass is 32.2. The molecule has 182 valence electrons. The fourth-order valence-corrected chi connectivity index (χ4v) is 4.98. The van der Waals surface area contributed by atoms with Crippen molar-refractivity contribution in [3.05, 3.63) is 53.6 Å². The van der Waals surface area contributed by atoms with Crippen LogP contribution in [-0.2, 0) is 16.6 Å². The van der Waals surface area contributed by atoms with E-state index in [4.69, 9.17) is 8.94 Å². The summed E-state index contributed by atoms with van der Waals surface area (Å²) in [4.78, 5) is 21.1. The van der Waals surface area contributed by atoms with E-state index in [9.17, 15) is 13.2 Å². The van der Waals surface area contributed by atoms with E-state index < -0.39 is 15.6 Å². The lowest BCUT2D eigenvalue weighted by Gasteiger charge is -2.33. The Bertz CT molecular complexity index is 1250. The van der Waals surface area contributed by atoms with Crippen molar-refractivity contribution in [1.29, 1.82) is 0 Å². The Morgan fingerprint density at radius 3 is 2.38 bits per heavy atom. The molecular formula is C23H29N5O5S. The van der Waals surface area contributed by atoms with Gasteiger partial charge in [0.1, 0.15) is 0 Å². The summed E-state index contributed by atoms with van der Waals surface area (Å²) in [7, 11) is -3.84. The number of benzene rings is 1. The smallest absolute Gasteiger partial charge is 0.289 e. The monoisotopic (exact) mass is 487 g/mol. The average molecular weight is 488 g/mol. The second-order valence-corrected chi connectivity index (χ2v) is 11.0. The van der Waals surface area contributed by atoms with Crippen LogP contribution in [0.5, 0.6) is 0 Å². The van der Waals surface area contributed by atoms with E-state index in [0.717, 1.165) is 11.1 Å². The molecule has 0 aliphatic carbocycles. The Balaban J connectivity index is 1.32. The molecule has 34 heavy (non-hydrogen) atoms. The molecule has 3 heterocycles. The number of carbonyl (C=O) groups is 1. The molecule has 0 radical (unpaired) electrons. The zero-order valence-corrected chi connectivity index (χ0v) is 20.6. The maximum Gasteiger partial charge on any atom is 0.289 e. The predicted octanol–water partition coefficient (Wildman–Crippen LogP) is 2.67. The number of hydrogen-bond acceptors (Lipinski definition) is 8. The average Bonchev–Trinajstić information content (AvgIpc) is 3.43. The summed E-state index contributed by atoms with van der Waals surface area (Å²) < 4.78 is 38.2. The van der Waals surface area contributed by atoms with E-state index in [1.54, 1.807) is 25.7 Å². The molecule has 1 fully saturated rings. The third-order valence-electron chi connectivity index (χ3n) is 5.29. The number of amides is 1. The Labute approximate surface area is 199 Å². The zero-order chi connectivity index (χ0) is 24.5. The fraction of sp³-hybridized carbons (Fsp3) is 0.435. The highest BCUT2D eigenvalue weighted by molar-refractivity contribution is 7.89. The van der Waals surface area contributed by atoms with Crippen molar-refractivity contribution >= 4 is 15.9 Å². The van der Waals surface area contributed by atoms with Gasteiger partial charge in [0.25, 0.3) is 15.9 Å². The van der Waals surface area contributed by atoms with Crippen molar-refractivity contribution in [3.63, 3.8) is 0 Å². The highest BCUT2D eigenvalue weighted by Gasteiger charge is 2.29. The number of piperazine rings is 1. The summed E-state index contributed by atoms with van der Waals surface area (Å²) in [5.41, 5.74) is 1.40. The molecule has 11 heteroatoms. The van der Waals surface area contributed by atoms with Crippen LogP contribution in [0.3, 0.4) is 0 Å². The quantitative estimate of drug-likeness (QED) is 0.563. The minimum absolute atomic E-state index is 0.00220. The minimum Gasteiger partial charge on any atom is -0.438 e. The fourth-order valence-electron chi connectivity index (χ4n) is 3.63. The van der Waals surface area contributed by atoms with Gasteiger partial charge in [0.05, 0.1) is 6.54 Å².